The number of morpholine rings is 1. The molecule has 2 aromatic heterocycles. The summed E-state index contributed by atoms with van der Waals surface area (Å²) in [6, 6.07) is 6.36. The van der Waals surface area contributed by atoms with Crippen molar-refractivity contribution in [2.45, 2.75) is 11.9 Å². The first-order valence-electron chi connectivity index (χ1n) is 8.53. The highest BCUT2D eigenvalue weighted by Crippen LogP contribution is 2.35. The lowest BCUT2D eigenvalue weighted by molar-refractivity contribution is 0.0410. The van der Waals surface area contributed by atoms with E-state index in [-0.39, 0.29) is 5.82 Å². The number of hydrogen-bond acceptors (Lipinski definition) is 7. The maximum absolute atomic E-state index is 13.2. The number of aryl methyl sites for hydroxylation is 1. The maximum Gasteiger partial charge on any atom is 0.146 e. The molecule has 3 aromatic rings. The summed E-state index contributed by atoms with van der Waals surface area (Å²) >= 11 is 3.30. The van der Waals surface area contributed by atoms with E-state index in [4.69, 9.17) is 4.74 Å². The van der Waals surface area contributed by atoms with Crippen LogP contribution >= 0.6 is 23.1 Å². The van der Waals surface area contributed by atoms with Crippen LogP contribution in [-0.4, -0.2) is 58.7 Å². The Bertz CT molecular complexity index is 894. The zero-order valence-electron chi connectivity index (χ0n) is 14.4. The maximum atomic E-state index is 13.2. The highest BCUT2D eigenvalue weighted by atomic mass is 32.2. The number of benzene rings is 1. The van der Waals surface area contributed by atoms with Crippen LogP contribution in [0.15, 0.2) is 29.3 Å². The number of halogens is 1. The van der Waals surface area contributed by atoms with Gasteiger partial charge in [0.2, 0.25) is 0 Å². The van der Waals surface area contributed by atoms with Gasteiger partial charge >= 0.3 is 0 Å². The van der Waals surface area contributed by atoms with Crippen molar-refractivity contribution in [3.05, 3.63) is 35.1 Å². The van der Waals surface area contributed by atoms with Gasteiger partial charge in [-0.3, -0.25) is 4.90 Å². The molecule has 0 spiro atoms. The minimum atomic E-state index is -0.256. The molecule has 1 saturated heterocycles. The molecule has 1 aromatic carbocycles. The quantitative estimate of drug-likeness (QED) is 0.620. The van der Waals surface area contributed by atoms with Gasteiger partial charge in [0, 0.05) is 31.0 Å². The van der Waals surface area contributed by atoms with Crippen molar-refractivity contribution in [2.24, 2.45) is 0 Å². The minimum absolute atomic E-state index is 0.256. The number of aromatic nitrogens is 3. The molecule has 0 N–H and O–H groups in total. The summed E-state index contributed by atoms with van der Waals surface area (Å²) in [6.07, 6.45) is 0. The van der Waals surface area contributed by atoms with Gasteiger partial charge in [-0.2, -0.15) is 0 Å². The van der Waals surface area contributed by atoms with Gasteiger partial charge in [-0.05, 0) is 31.2 Å². The Morgan fingerprint density at radius 1 is 1.19 bits per heavy atom. The fourth-order valence-electron chi connectivity index (χ4n) is 2.91. The predicted octanol–water partition coefficient (Wildman–Crippen LogP) is 3.63. The summed E-state index contributed by atoms with van der Waals surface area (Å²) in [7, 11) is 0. The van der Waals surface area contributed by atoms with Gasteiger partial charge in [-0.25, -0.2) is 9.37 Å². The predicted molar refractivity (Wildman–Crippen MR) is 103 cm³/mol. The summed E-state index contributed by atoms with van der Waals surface area (Å²) in [4.78, 5) is 7.07. The smallest absolute Gasteiger partial charge is 0.146 e. The lowest BCUT2D eigenvalue weighted by Gasteiger charge is -2.26. The zero-order valence-corrected chi connectivity index (χ0v) is 16.1. The first kappa shape index (κ1) is 17.8. The molecule has 26 heavy (non-hydrogen) atoms. The monoisotopic (exact) mass is 390 g/mol. The second kappa shape index (κ2) is 7.96. The molecule has 1 aliphatic heterocycles. The van der Waals surface area contributed by atoms with Crippen molar-refractivity contribution >= 4 is 33.3 Å². The van der Waals surface area contributed by atoms with Crippen molar-refractivity contribution in [1.29, 1.82) is 0 Å². The van der Waals surface area contributed by atoms with Crippen molar-refractivity contribution in [3.8, 4) is 11.3 Å². The second-order valence-electron chi connectivity index (χ2n) is 6.07. The van der Waals surface area contributed by atoms with Crippen LogP contribution in [0.4, 0.5) is 4.39 Å². The number of ether oxygens (including phenoxy) is 1. The molecule has 0 bridgehead atoms. The lowest BCUT2D eigenvalue weighted by Crippen LogP contribution is -2.37. The molecule has 0 saturated carbocycles. The number of thioether (sulfide) groups is 1. The first-order valence-corrected chi connectivity index (χ1v) is 10.3. The van der Waals surface area contributed by atoms with Gasteiger partial charge in [-0.1, -0.05) is 0 Å². The lowest BCUT2D eigenvalue weighted by atomic mass is 10.1. The number of hydrogen-bond donors (Lipinski definition) is 0. The Labute approximate surface area is 159 Å². The van der Waals surface area contributed by atoms with E-state index < -0.39 is 0 Å². The van der Waals surface area contributed by atoms with Gasteiger partial charge in [0.05, 0.1) is 22.9 Å². The Kier molecular flexibility index (Phi) is 5.44. The highest BCUT2D eigenvalue weighted by Gasteiger charge is 2.17. The van der Waals surface area contributed by atoms with Crippen LogP contribution in [0, 0.1) is 12.7 Å². The number of rotatable bonds is 5. The molecule has 1 aliphatic rings. The van der Waals surface area contributed by atoms with Gasteiger partial charge in [0.15, 0.2) is 0 Å². The van der Waals surface area contributed by atoms with Gasteiger partial charge < -0.3 is 4.74 Å². The van der Waals surface area contributed by atoms with E-state index in [2.05, 4.69) is 20.1 Å². The Morgan fingerprint density at radius 3 is 2.73 bits per heavy atom. The second-order valence-corrected chi connectivity index (χ2v) is 8.36. The standard InChI is InChI=1S/C18H19FN4OS2/c1-12-20-16-17(26-12)15(13-2-4-14(19)5-3-13)21-22-18(16)25-11-8-23-6-9-24-10-7-23/h2-5H,6-11H2,1H3. The molecule has 8 heteroatoms. The van der Waals surface area contributed by atoms with E-state index in [1.807, 2.05) is 6.92 Å². The SMILES string of the molecule is Cc1nc2c(SCCN3CCOCC3)nnc(-c3ccc(F)cc3)c2s1. The molecule has 136 valence electrons. The van der Waals surface area contributed by atoms with Crippen molar-refractivity contribution in [1.82, 2.24) is 20.1 Å². The largest absolute Gasteiger partial charge is 0.379 e. The number of thiazole rings is 1. The van der Waals surface area contributed by atoms with Crippen molar-refractivity contribution < 1.29 is 9.13 Å². The first-order chi connectivity index (χ1) is 12.7. The minimum Gasteiger partial charge on any atom is -0.379 e. The van der Waals surface area contributed by atoms with Crippen LogP contribution in [-0.2, 0) is 4.74 Å². The molecule has 5 nitrogen and oxygen atoms in total. The van der Waals surface area contributed by atoms with Crippen LogP contribution in [0.2, 0.25) is 0 Å². The summed E-state index contributed by atoms with van der Waals surface area (Å²) in [5, 5.41) is 10.7. The van der Waals surface area contributed by atoms with E-state index >= 15 is 0 Å². The average molecular weight is 391 g/mol. The number of nitrogens with zero attached hydrogens (tertiary/aromatic N) is 4. The fourth-order valence-corrected chi connectivity index (χ4v) is 4.83. The van der Waals surface area contributed by atoms with Gasteiger partial charge in [0.1, 0.15) is 22.1 Å². The Morgan fingerprint density at radius 2 is 1.96 bits per heavy atom. The third-order valence-electron chi connectivity index (χ3n) is 4.26. The molecule has 0 unspecified atom stereocenters. The van der Waals surface area contributed by atoms with E-state index in [0.29, 0.717) is 0 Å². The molecular weight excluding hydrogens is 371 g/mol. The molecule has 0 radical (unpaired) electrons. The summed E-state index contributed by atoms with van der Waals surface area (Å²) in [5.41, 5.74) is 2.52. The topological polar surface area (TPSA) is 51.1 Å². The molecule has 0 amide bonds. The Hall–Kier alpha value is -1.61. The number of fused-ring (bicyclic) bond motifs is 1. The molecule has 0 atom stereocenters. The van der Waals surface area contributed by atoms with Crippen LogP contribution in [0.3, 0.4) is 0 Å². The van der Waals surface area contributed by atoms with Gasteiger partial charge in [0.25, 0.3) is 0 Å². The Balaban J connectivity index is 1.56. The van der Waals surface area contributed by atoms with Crippen molar-refractivity contribution in [3.63, 3.8) is 0 Å². The average Bonchev–Trinajstić information content (AvgIpc) is 3.05. The van der Waals surface area contributed by atoms with Crippen LogP contribution in [0.25, 0.3) is 21.5 Å². The van der Waals surface area contributed by atoms with E-state index in [0.717, 1.165) is 70.1 Å². The highest BCUT2D eigenvalue weighted by molar-refractivity contribution is 7.99. The van der Waals surface area contributed by atoms with E-state index in [9.17, 15) is 4.39 Å². The zero-order chi connectivity index (χ0) is 17.9. The third-order valence-corrected chi connectivity index (χ3v) is 6.17. The molecular formula is C18H19FN4OS2. The van der Waals surface area contributed by atoms with E-state index in [1.54, 1.807) is 35.2 Å². The molecule has 0 aliphatic carbocycles. The molecule has 4 rings (SSSR count). The van der Waals surface area contributed by atoms with Crippen molar-refractivity contribution in [2.75, 3.05) is 38.6 Å². The summed E-state index contributed by atoms with van der Waals surface area (Å²) in [6.45, 7) is 6.59. The fraction of sp³-hybridized carbons (Fsp3) is 0.389. The summed E-state index contributed by atoms with van der Waals surface area (Å²) < 4.78 is 19.6. The van der Waals surface area contributed by atoms with E-state index in [1.165, 1.54) is 12.1 Å². The normalized spacial score (nSPS) is 15.6. The van der Waals surface area contributed by atoms with Crippen LogP contribution in [0.5, 0.6) is 0 Å². The van der Waals surface area contributed by atoms with Crippen LogP contribution < -0.4 is 0 Å². The van der Waals surface area contributed by atoms with Crippen LogP contribution in [0.1, 0.15) is 5.01 Å². The van der Waals surface area contributed by atoms with Gasteiger partial charge in [-0.15, -0.1) is 33.3 Å². The molecule has 3 heterocycles. The molecule has 1 fully saturated rings. The summed E-state index contributed by atoms with van der Waals surface area (Å²) in [5.74, 6) is 0.685. The third kappa shape index (κ3) is 3.88.